The van der Waals surface area contributed by atoms with Crippen LogP contribution >= 0.6 is 11.6 Å². The van der Waals surface area contributed by atoms with Crippen molar-refractivity contribution in [3.8, 4) is 0 Å². The second-order valence-electron chi connectivity index (χ2n) is 4.14. The van der Waals surface area contributed by atoms with Gasteiger partial charge in [-0.3, -0.25) is 10.2 Å². The number of nitrogens with zero attached hydrogens (tertiary/aromatic N) is 2. The highest BCUT2D eigenvalue weighted by Crippen LogP contribution is 2.19. The van der Waals surface area contributed by atoms with Crippen LogP contribution in [0.1, 0.15) is 10.4 Å². The molecule has 0 aliphatic rings. The van der Waals surface area contributed by atoms with Gasteiger partial charge in [0.05, 0.1) is 21.6 Å². The van der Waals surface area contributed by atoms with Crippen LogP contribution in [0.15, 0.2) is 48.8 Å². The Morgan fingerprint density at radius 3 is 2.80 bits per heavy atom. The molecular formula is C14H9ClFN3O. The standard InChI is InChI=1S/C14H9ClFN3O/c15-9-4-3-5-10(16)13(9)14(20)18-19-8-17-11-6-1-2-7-12(11)19/h1-8H,(H,18,20). The number of fused-ring (bicyclic) bond motifs is 1. The predicted molar refractivity (Wildman–Crippen MR) is 74.8 cm³/mol. The summed E-state index contributed by atoms with van der Waals surface area (Å²) in [6.07, 6.45) is 1.46. The Morgan fingerprint density at radius 2 is 2.00 bits per heavy atom. The first kappa shape index (κ1) is 12.6. The topological polar surface area (TPSA) is 46.9 Å². The Morgan fingerprint density at radius 1 is 1.20 bits per heavy atom. The van der Waals surface area contributed by atoms with Crippen LogP contribution in [0, 0.1) is 5.82 Å². The van der Waals surface area contributed by atoms with Crippen molar-refractivity contribution < 1.29 is 9.18 Å². The number of halogens is 2. The van der Waals surface area contributed by atoms with E-state index in [-0.39, 0.29) is 10.6 Å². The van der Waals surface area contributed by atoms with Gasteiger partial charge >= 0.3 is 0 Å². The van der Waals surface area contributed by atoms with Crippen molar-refractivity contribution in [1.29, 1.82) is 0 Å². The molecule has 1 heterocycles. The van der Waals surface area contributed by atoms with E-state index in [9.17, 15) is 9.18 Å². The van der Waals surface area contributed by atoms with Gasteiger partial charge in [0.25, 0.3) is 5.91 Å². The van der Waals surface area contributed by atoms with Crippen LogP contribution in [0.4, 0.5) is 4.39 Å². The maximum Gasteiger partial charge on any atom is 0.274 e. The number of carbonyl (C=O) groups excluding carboxylic acids is 1. The van der Waals surface area contributed by atoms with Crippen LogP contribution in [-0.2, 0) is 0 Å². The predicted octanol–water partition coefficient (Wildman–Crippen LogP) is 3.21. The van der Waals surface area contributed by atoms with Crippen molar-refractivity contribution in [1.82, 2.24) is 9.66 Å². The van der Waals surface area contributed by atoms with Crippen molar-refractivity contribution in [3.63, 3.8) is 0 Å². The first-order valence-electron chi connectivity index (χ1n) is 5.84. The van der Waals surface area contributed by atoms with Crippen LogP contribution in [0.5, 0.6) is 0 Å². The first-order chi connectivity index (χ1) is 9.66. The Bertz CT molecular complexity index is 780. The number of nitrogens with one attached hydrogen (secondary N) is 1. The normalized spacial score (nSPS) is 10.7. The summed E-state index contributed by atoms with van der Waals surface area (Å²) < 4.78 is 15.1. The molecule has 3 aromatic rings. The Hall–Kier alpha value is -2.40. The first-order valence-corrected chi connectivity index (χ1v) is 6.22. The second kappa shape index (κ2) is 4.94. The van der Waals surface area contributed by atoms with Crippen LogP contribution in [-0.4, -0.2) is 15.6 Å². The third kappa shape index (κ3) is 2.12. The summed E-state index contributed by atoms with van der Waals surface area (Å²) in [7, 11) is 0. The number of aromatic nitrogens is 2. The number of rotatable bonds is 2. The zero-order chi connectivity index (χ0) is 14.1. The third-order valence-electron chi connectivity index (χ3n) is 2.87. The Kier molecular flexibility index (Phi) is 3.12. The fourth-order valence-corrected chi connectivity index (χ4v) is 2.18. The monoisotopic (exact) mass is 289 g/mol. The smallest absolute Gasteiger partial charge is 0.267 e. The minimum Gasteiger partial charge on any atom is -0.267 e. The molecule has 0 saturated carbocycles. The summed E-state index contributed by atoms with van der Waals surface area (Å²) in [4.78, 5) is 16.2. The second-order valence-corrected chi connectivity index (χ2v) is 4.55. The quantitative estimate of drug-likeness (QED) is 0.787. The molecule has 100 valence electrons. The zero-order valence-electron chi connectivity index (χ0n) is 10.2. The molecule has 2 aromatic carbocycles. The van der Waals surface area contributed by atoms with E-state index in [0.717, 1.165) is 5.52 Å². The van der Waals surface area contributed by atoms with Gasteiger partial charge < -0.3 is 0 Å². The van der Waals surface area contributed by atoms with Gasteiger partial charge in [-0.1, -0.05) is 29.8 Å². The van der Waals surface area contributed by atoms with Crippen molar-refractivity contribution in [2.24, 2.45) is 0 Å². The van der Waals surface area contributed by atoms with E-state index in [1.54, 1.807) is 6.07 Å². The van der Waals surface area contributed by atoms with Crippen LogP contribution in [0.25, 0.3) is 11.0 Å². The van der Waals surface area contributed by atoms with Crippen molar-refractivity contribution in [2.75, 3.05) is 5.43 Å². The van der Waals surface area contributed by atoms with Gasteiger partial charge in [0.15, 0.2) is 0 Å². The molecule has 0 aliphatic carbocycles. The van der Waals surface area contributed by atoms with Crippen molar-refractivity contribution in [3.05, 3.63) is 65.2 Å². The minimum absolute atomic E-state index is 0.0620. The van der Waals surface area contributed by atoms with Crippen molar-refractivity contribution >= 4 is 28.5 Å². The molecule has 0 bridgehead atoms. The van der Waals surface area contributed by atoms with E-state index in [1.807, 2.05) is 18.2 Å². The van der Waals surface area contributed by atoms with Gasteiger partial charge in [-0.2, -0.15) is 0 Å². The largest absolute Gasteiger partial charge is 0.274 e. The highest BCUT2D eigenvalue weighted by Gasteiger charge is 2.16. The van der Waals surface area contributed by atoms with Gasteiger partial charge in [0, 0.05) is 0 Å². The van der Waals surface area contributed by atoms with Gasteiger partial charge in [0.2, 0.25) is 0 Å². The molecule has 0 radical (unpaired) electrons. The lowest BCUT2D eigenvalue weighted by atomic mass is 10.2. The zero-order valence-corrected chi connectivity index (χ0v) is 10.9. The summed E-state index contributed by atoms with van der Waals surface area (Å²) in [6, 6.07) is 11.4. The van der Waals surface area contributed by atoms with E-state index in [4.69, 9.17) is 11.6 Å². The summed E-state index contributed by atoms with van der Waals surface area (Å²) >= 11 is 5.86. The lowest BCUT2D eigenvalue weighted by Crippen LogP contribution is -2.23. The van der Waals surface area contributed by atoms with Crippen molar-refractivity contribution in [2.45, 2.75) is 0 Å². The molecule has 0 fully saturated rings. The summed E-state index contributed by atoms with van der Waals surface area (Å²) in [5.74, 6) is -1.30. The fraction of sp³-hybridized carbons (Fsp3) is 0. The third-order valence-corrected chi connectivity index (χ3v) is 3.18. The summed E-state index contributed by atoms with van der Waals surface area (Å²) in [6.45, 7) is 0. The van der Waals surface area contributed by atoms with Crippen LogP contribution in [0.2, 0.25) is 5.02 Å². The SMILES string of the molecule is O=C(Nn1cnc2ccccc21)c1c(F)cccc1Cl. The van der Waals surface area contributed by atoms with Gasteiger partial charge in [0.1, 0.15) is 12.1 Å². The van der Waals surface area contributed by atoms with E-state index < -0.39 is 11.7 Å². The van der Waals surface area contributed by atoms with Gasteiger partial charge in [-0.25, -0.2) is 14.1 Å². The minimum atomic E-state index is -0.667. The van der Waals surface area contributed by atoms with Gasteiger partial charge in [-0.05, 0) is 24.3 Å². The number of hydrogen-bond acceptors (Lipinski definition) is 2. The number of imidazole rings is 1. The molecule has 0 spiro atoms. The van der Waals surface area contributed by atoms with E-state index in [0.29, 0.717) is 5.52 Å². The van der Waals surface area contributed by atoms with E-state index in [1.165, 1.54) is 29.2 Å². The molecule has 0 atom stereocenters. The molecule has 0 saturated heterocycles. The van der Waals surface area contributed by atoms with E-state index in [2.05, 4.69) is 10.4 Å². The van der Waals surface area contributed by atoms with E-state index >= 15 is 0 Å². The molecule has 1 aromatic heterocycles. The molecule has 4 nitrogen and oxygen atoms in total. The highest BCUT2D eigenvalue weighted by molar-refractivity contribution is 6.34. The molecule has 0 unspecified atom stereocenters. The number of amides is 1. The highest BCUT2D eigenvalue weighted by atomic mass is 35.5. The molecule has 3 rings (SSSR count). The molecule has 1 N–H and O–H groups in total. The number of para-hydroxylation sites is 2. The average molecular weight is 290 g/mol. The number of hydrogen-bond donors (Lipinski definition) is 1. The molecule has 1 amide bonds. The molecule has 6 heteroatoms. The van der Waals surface area contributed by atoms with Crippen LogP contribution < -0.4 is 5.43 Å². The molecule has 20 heavy (non-hydrogen) atoms. The lowest BCUT2D eigenvalue weighted by Gasteiger charge is -2.08. The Labute approximate surface area is 118 Å². The fourth-order valence-electron chi connectivity index (χ4n) is 1.93. The lowest BCUT2D eigenvalue weighted by molar-refractivity contribution is 0.100. The number of carbonyl (C=O) groups is 1. The number of benzene rings is 2. The molecule has 0 aliphatic heterocycles. The van der Waals surface area contributed by atoms with Gasteiger partial charge in [-0.15, -0.1) is 0 Å². The summed E-state index contributed by atoms with van der Waals surface area (Å²) in [5, 5.41) is 0.0620. The Balaban J connectivity index is 1.97. The average Bonchev–Trinajstić information content (AvgIpc) is 2.82. The summed E-state index contributed by atoms with van der Waals surface area (Å²) in [5.41, 5.74) is 3.81. The maximum absolute atomic E-state index is 13.7. The maximum atomic E-state index is 13.7. The molecular weight excluding hydrogens is 281 g/mol. The van der Waals surface area contributed by atoms with Crippen LogP contribution in [0.3, 0.4) is 0 Å².